The molecule has 1 aliphatic heterocycles. The van der Waals surface area contributed by atoms with Gasteiger partial charge in [0.25, 0.3) is 0 Å². The van der Waals surface area contributed by atoms with Crippen LogP contribution in [-0.2, 0) is 4.74 Å². The molecule has 0 amide bonds. The Bertz CT molecular complexity index is 121. The molecule has 1 atom stereocenters. The quantitative estimate of drug-likeness (QED) is 0.447. The molecule has 1 unspecified atom stereocenters. The van der Waals surface area contributed by atoms with Gasteiger partial charge in [-0.15, -0.1) is 0 Å². The SMILES string of the molecule is CC(O)C[N+]1([O-])CCOCC1. The Morgan fingerprint density at radius 1 is 1.55 bits per heavy atom. The van der Waals surface area contributed by atoms with Gasteiger partial charge in [0.1, 0.15) is 25.7 Å². The first-order valence-corrected chi connectivity index (χ1v) is 3.95. The van der Waals surface area contributed by atoms with Crippen LogP contribution in [0.15, 0.2) is 0 Å². The first-order valence-electron chi connectivity index (χ1n) is 3.95. The lowest BCUT2D eigenvalue weighted by Gasteiger charge is -2.45. The predicted octanol–water partition coefficient (Wildman–Crippen LogP) is -0.288. The van der Waals surface area contributed by atoms with E-state index in [1.807, 2.05) is 0 Å². The highest BCUT2D eigenvalue weighted by molar-refractivity contribution is 4.53. The van der Waals surface area contributed by atoms with Gasteiger partial charge in [-0.1, -0.05) is 0 Å². The molecule has 1 fully saturated rings. The fourth-order valence-electron chi connectivity index (χ4n) is 1.34. The van der Waals surface area contributed by atoms with E-state index in [0.717, 1.165) is 0 Å². The Morgan fingerprint density at radius 3 is 2.55 bits per heavy atom. The highest BCUT2D eigenvalue weighted by atomic mass is 16.6. The molecule has 0 aromatic carbocycles. The van der Waals surface area contributed by atoms with E-state index in [1.165, 1.54) is 0 Å². The summed E-state index contributed by atoms with van der Waals surface area (Å²) in [5, 5.41) is 20.6. The standard InChI is InChI=1S/C7H15NO3/c1-7(9)6-8(10)2-4-11-5-3-8/h7,9H,2-6H2,1H3. The van der Waals surface area contributed by atoms with E-state index in [-0.39, 0.29) is 4.65 Å². The number of morpholine rings is 1. The van der Waals surface area contributed by atoms with Gasteiger partial charge in [-0.05, 0) is 6.92 Å². The van der Waals surface area contributed by atoms with Crippen LogP contribution < -0.4 is 0 Å². The Morgan fingerprint density at radius 2 is 2.09 bits per heavy atom. The molecule has 0 aromatic rings. The average Bonchev–Trinajstić information content (AvgIpc) is 1.85. The van der Waals surface area contributed by atoms with E-state index in [0.29, 0.717) is 32.8 Å². The molecule has 1 rings (SSSR count). The Labute approximate surface area is 66.5 Å². The second-order valence-electron chi connectivity index (χ2n) is 3.15. The second-order valence-corrected chi connectivity index (χ2v) is 3.15. The van der Waals surface area contributed by atoms with Crippen LogP contribution in [0.4, 0.5) is 0 Å². The van der Waals surface area contributed by atoms with E-state index in [1.54, 1.807) is 6.92 Å². The predicted molar refractivity (Wildman–Crippen MR) is 40.7 cm³/mol. The van der Waals surface area contributed by atoms with E-state index in [4.69, 9.17) is 9.84 Å². The number of rotatable bonds is 2. The summed E-state index contributed by atoms with van der Waals surface area (Å²) in [7, 11) is 0. The van der Waals surface area contributed by atoms with Crippen LogP contribution in [0.1, 0.15) is 6.92 Å². The molecule has 0 spiro atoms. The van der Waals surface area contributed by atoms with Gasteiger partial charge in [-0.3, -0.25) is 0 Å². The molecule has 1 saturated heterocycles. The van der Waals surface area contributed by atoms with Crippen molar-refractivity contribution < 1.29 is 14.5 Å². The molecule has 1 N–H and O–H groups in total. The number of nitrogens with zero attached hydrogens (tertiary/aromatic N) is 1. The Kier molecular flexibility index (Phi) is 2.84. The highest BCUT2D eigenvalue weighted by Crippen LogP contribution is 2.09. The van der Waals surface area contributed by atoms with Crippen molar-refractivity contribution in [1.29, 1.82) is 0 Å². The summed E-state index contributed by atoms with van der Waals surface area (Å²) in [5.74, 6) is 0. The smallest absolute Gasteiger partial charge is 0.105 e. The van der Waals surface area contributed by atoms with Crippen molar-refractivity contribution in [2.45, 2.75) is 13.0 Å². The third kappa shape index (κ3) is 2.75. The van der Waals surface area contributed by atoms with Crippen molar-refractivity contribution >= 4 is 0 Å². The van der Waals surface area contributed by atoms with Gasteiger partial charge in [0.2, 0.25) is 0 Å². The van der Waals surface area contributed by atoms with Crippen LogP contribution in [0.3, 0.4) is 0 Å². The van der Waals surface area contributed by atoms with Crippen molar-refractivity contribution in [1.82, 2.24) is 0 Å². The summed E-state index contributed by atoms with van der Waals surface area (Å²) in [5.41, 5.74) is 0. The molecule has 0 aliphatic carbocycles. The van der Waals surface area contributed by atoms with Gasteiger partial charge in [0, 0.05) is 0 Å². The van der Waals surface area contributed by atoms with Crippen molar-refractivity contribution in [3.63, 3.8) is 0 Å². The van der Waals surface area contributed by atoms with E-state index >= 15 is 0 Å². The number of hydrogen-bond acceptors (Lipinski definition) is 3. The molecule has 0 aromatic heterocycles. The van der Waals surface area contributed by atoms with E-state index in [9.17, 15) is 5.21 Å². The Balaban J connectivity index is 2.37. The maximum absolute atomic E-state index is 11.6. The number of aliphatic hydroxyl groups is 1. The first kappa shape index (κ1) is 8.93. The number of quaternary nitrogens is 1. The zero-order valence-corrected chi connectivity index (χ0v) is 6.82. The maximum atomic E-state index is 11.6. The van der Waals surface area contributed by atoms with Crippen molar-refractivity contribution in [2.75, 3.05) is 32.8 Å². The molecular formula is C7H15NO3. The number of aliphatic hydroxyl groups excluding tert-OH is 1. The summed E-state index contributed by atoms with van der Waals surface area (Å²) in [4.78, 5) is 0. The highest BCUT2D eigenvalue weighted by Gasteiger charge is 2.22. The third-order valence-corrected chi connectivity index (χ3v) is 1.88. The van der Waals surface area contributed by atoms with Crippen LogP contribution >= 0.6 is 0 Å². The first-order chi connectivity index (χ1) is 5.12. The van der Waals surface area contributed by atoms with Gasteiger partial charge >= 0.3 is 0 Å². The lowest BCUT2D eigenvalue weighted by atomic mass is 10.3. The minimum Gasteiger partial charge on any atom is -0.633 e. The molecule has 1 heterocycles. The topological polar surface area (TPSA) is 52.5 Å². The van der Waals surface area contributed by atoms with Crippen molar-refractivity contribution in [2.24, 2.45) is 0 Å². The Hall–Kier alpha value is -0.160. The fourth-order valence-corrected chi connectivity index (χ4v) is 1.34. The van der Waals surface area contributed by atoms with Crippen LogP contribution in [-0.4, -0.2) is 48.7 Å². The molecule has 4 nitrogen and oxygen atoms in total. The van der Waals surface area contributed by atoms with Gasteiger partial charge in [0.05, 0.1) is 13.2 Å². The minimum atomic E-state index is -0.509. The number of hydrogen-bond donors (Lipinski definition) is 1. The molecule has 66 valence electrons. The van der Waals surface area contributed by atoms with Gasteiger partial charge in [-0.2, -0.15) is 0 Å². The lowest BCUT2D eigenvalue weighted by Crippen LogP contribution is -2.53. The van der Waals surface area contributed by atoms with Crippen molar-refractivity contribution in [3.8, 4) is 0 Å². The summed E-state index contributed by atoms with van der Waals surface area (Å²) in [6, 6.07) is 0. The minimum absolute atomic E-state index is 0.294. The second kappa shape index (κ2) is 3.49. The molecular weight excluding hydrogens is 146 g/mol. The monoisotopic (exact) mass is 161 g/mol. The van der Waals surface area contributed by atoms with Crippen LogP contribution in [0.5, 0.6) is 0 Å². The average molecular weight is 161 g/mol. The van der Waals surface area contributed by atoms with Gasteiger partial charge in [0.15, 0.2) is 0 Å². The third-order valence-electron chi connectivity index (χ3n) is 1.88. The van der Waals surface area contributed by atoms with Gasteiger partial charge < -0.3 is 19.7 Å². The summed E-state index contributed by atoms with van der Waals surface area (Å²) < 4.78 is 4.76. The van der Waals surface area contributed by atoms with E-state index < -0.39 is 6.10 Å². The molecule has 11 heavy (non-hydrogen) atoms. The van der Waals surface area contributed by atoms with Crippen LogP contribution in [0.25, 0.3) is 0 Å². The lowest BCUT2D eigenvalue weighted by molar-refractivity contribution is -0.891. The molecule has 0 saturated carbocycles. The normalized spacial score (nSPS) is 26.5. The largest absolute Gasteiger partial charge is 0.633 e. The maximum Gasteiger partial charge on any atom is 0.105 e. The number of hydroxylamine groups is 3. The molecule has 4 heteroatoms. The fraction of sp³-hybridized carbons (Fsp3) is 1.00. The van der Waals surface area contributed by atoms with Crippen LogP contribution in [0, 0.1) is 5.21 Å². The zero-order valence-electron chi connectivity index (χ0n) is 6.82. The summed E-state index contributed by atoms with van der Waals surface area (Å²) >= 11 is 0. The molecule has 0 bridgehead atoms. The molecule has 0 radical (unpaired) electrons. The van der Waals surface area contributed by atoms with E-state index in [2.05, 4.69) is 0 Å². The summed E-state index contributed by atoms with van der Waals surface area (Å²) in [6.07, 6.45) is -0.509. The van der Waals surface area contributed by atoms with Crippen LogP contribution in [0.2, 0.25) is 0 Å². The zero-order chi connectivity index (χ0) is 8.32. The van der Waals surface area contributed by atoms with Gasteiger partial charge in [-0.25, -0.2) is 0 Å². The summed E-state index contributed by atoms with van der Waals surface area (Å²) in [6.45, 7) is 3.94. The van der Waals surface area contributed by atoms with Crippen molar-refractivity contribution in [3.05, 3.63) is 5.21 Å². The number of ether oxygens (including phenoxy) is 1. The molecule has 1 aliphatic rings.